The van der Waals surface area contributed by atoms with E-state index in [2.05, 4.69) is 6.08 Å². The zero-order valence-electron chi connectivity index (χ0n) is 8.96. The van der Waals surface area contributed by atoms with Crippen LogP contribution in [0.1, 0.15) is 51.9 Å². The van der Waals surface area contributed by atoms with Crippen LogP contribution in [0.25, 0.3) is 0 Å². The normalized spacial score (nSPS) is 19.6. The second kappa shape index (κ2) is 5.84. The average molecular weight is 196 g/mol. The van der Waals surface area contributed by atoms with Crippen LogP contribution in [0.2, 0.25) is 0 Å². The lowest BCUT2D eigenvalue weighted by Gasteiger charge is -2.20. The van der Waals surface area contributed by atoms with E-state index in [4.69, 9.17) is 5.11 Å². The summed E-state index contributed by atoms with van der Waals surface area (Å²) in [4.78, 5) is 10.4. The molecule has 80 valence electrons. The molecule has 0 aromatic rings. The summed E-state index contributed by atoms with van der Waals surface area (Å²) in [5.41, 5.74) is 1.00. The van der Waals surface area contributed by atoms with Gasteiger partial charge in [0.1, 0.15) is 0 Å². The molecule has 1 aliphatic rings. The first-order valence-corrected chi connectivity index (χ1v) is 5.56. The molecule has 0 spiro atoms. The van der Waals surface area contributed by atoms with E-state index in [0.717, 1.165) is 17.9 Å². The molecule has 0 bridgehead atoms. The fourth-order valence-corrected chi connectivity index (χ4v) is 2.10. The maximum Gasteiger partial charge on any atom is 0.307 e. The molecular formula is C12H20O2. The molecule has 0 saturated heterocycles. The topological polar surface area (TPSA) is 37.3 Å². The van der Waals surface area contributed by atoms with Crippen molar-refractivity contribution in [2.45, 2.75) is 51.9 Å². The maximum atomic E-state index is 10.4. The Balaban J connectivity index is 2.25. The van der Waals surface area contributed by atoms with Crippen molar-refractivity contribution in [2.24, 2.45) is 5.92 Å². The fourth-order valence-electron chi connectivity index (χ4n) is 2.10. The lowest BCUT2D eigenvalue weighted by Crippen LogP contribution is -2.05. The van der Waals surface area contributed by atoms with Crippen molar-refractivity contribution in [1.82, 2.24) is 0 Å². The maximum absolute atomic E-state index is 10.4. The highest BCUT2D eigenvalue weighted by molar-refractivity contribution is 5.69. The average Bonchev–Trinajstić information content (AvgIpc) is 2.15. The van der Waals surface area contributed by atoms with Crippen LogP contribution in [-0.2, 0) is 4.79 Å². The number of hydrogen-bond donors (Lipinski definition) is 1. The molecule has 1 aliphatic carbocycles. The van der Waals surface area contributed by atoms with Crippen LogP contribution >= 0.6 is 0 Å². The number of hydrogen-bond acceptors (Lipinski definition) is 1. The van der Waals surface area contributed by atoms with Gasteiger partial charge in [-0.15, -0.1) is 0 Å². The predicted molar refractivity (Wildman–Crippen MR) is 57.2 cm³/mol. The molecule has 0 amide bonds. The van der Waals surface area contributed by atoms with Gasteiger partial charge in [0.25, 0.3) is 0 Å². The second-order valence-corrected chi connectivity index (χ2v) is 4.36. The minimum atomic E-state index is -0.720. The third-order valence-corrected chi connectivity index (χ3v) is 2.95. The number of carboxylic acid groups (broad SMARTS) is 1. The quantitative estimate of drug-likeness (QED) is 0.700. The number of rotatable bonds is 4. The van der Waals surface area contributed by atoms with Crippen molar-refractivity contribution in [1.29, 1.82) is 0 Å². The molecule has 0 unspecified atom stereocenters. The Labute approximate surface area is 86.0 Å². The Morgan fingerprint density at radius 1 is 1.36 bits per heavy atom. The standard InChI is InChI=1S/C12H20O2/c1-10(9-12(13)14)7-8-11-5-3-2-4-6-11/h7,11H,2-6,8-9H2,1H3,(H,13,14). The second-order valence-electron chi connectivity index (χ2n) is 4.36. The lowest BCUT2D eigenvalue weighted by atomic mass is 9.86. The Morgan fingerprint density at radius 3 is 2.57 bits per heavy atom. The molecule has 2 heteroatoms. The van der Waals surface area contributed by atoms with Crippen LogP contribution in [0.15, 0.2) is 11.6 Å². The Bertz CT molecular complexity index is 212. The summed E-state index contributed by atoms with van der Waals surface area (Å²) in [6.07, 6.45) is 10.2. The largest absolute Gasteiger partial charge is 0.481 e. The summed E-state index contributed by atoms with van der Waals surface area (Å²) < 4.78 is 0. The first-order valence-electron chi connectivity index (χ1n) is 5.56. The van der Waals surface area contributed by atoms with Crippen molar-refractivity contribution in [3.05, 3.63) is 11.6 Å². The summed E-state index contributed by atoms with van der Waals surface area (Å²) in [6, 6.07) is 0. The van der Waals surface area contributed by atoms with Gasteiger partial charge in [0.2, 0.25) is 0 Å². The molecule has 0 radical (unpaired) electrons. The molecule has 1 N–H and O–H groups in total. The van der Waals surface area contributed by atoms with Crippen molar-refractivity contribution in [3.63, 3.8) is 0 Å². The summed E-state index contributed by atoms with van der Waals surface area (Å²) in [7, 11) is 0. The minimum absolute atomic E-state index is 0.201. The van der Waals surface area contributed by atoms with E-state index in [1.165, 1.54) is 32.1 Å². The molecule has 2 nitrogen and oxygen atoms in total. The SMILES string of the molecule is CC(=CCC1CCCCC1)CC(=O)O. The number of carboxylic acids is 1. The van der Waals surface area contributed by atoms with Gasteiger partial charge in [0.15, 0.2) is 0 Å². The van der Waals surface area contributed by atoms with E-state index in [9.17, 15) is 4.79 Å². The predicted octanol–water partition coefficient (Wildman–Crippen LogP) is 3.38. The molecule has 0 aromatic heterocycles. The van der Waals surface area contributed by atoms with Gasteiger partial charge in [0.05, 0.1) is 6.42 Å². The van der Waals surface area contributed by atoms with Crippen LogP contribution < -0.4 is 0 Å². The first kappa shape index (κ1) is 11.3. The number of carbonyl (C=O) groups is 1. The van der Waals surface area contributed by atoms with Gasteiger partial charge in [-0.3, -0.25) is 4.79 Å². The zero-order valence-corrected chi connectivity index (χ0v) is 8.96. The third kappa shape index (κ3) is 4.45. The lowest BCUT2D eigenvalue weighted by molar-refractivity contribution is -0.136. The Morgan fingerprint density at radius 2 is 2.00 bits per heavy atom. The highest BCUT2D eigenvalue weighted by Crippen LogP contribution is 2.27. The van der Waals surface area contributed by atoms with Crippen LogP contribution in [0, 0.1) is 5.92 Å². The monoisotopic (exact) mass is 196 g/mol. The first-order chi connectivity index (χ1) is 6.68. The number of allylic oxidation sites excluding steroid dienone is 1. The van der Waals surface area contributed by atoms with Crippen molar-refractivity contribution < 1.29 is 9.90 Å². The van der Waals surface area contributed by atoms with E-state index in [-0.39, 0.29) is 6.42 Å². The van der Waals surface area contributed by atoms with Crippen LogP contribution in [0.5, 0.6) is 0 Å². The van der Waals surface area contributed by atoms with E-state index in [1.54, 1.807) is 0 Å². The van der Waals surface area contributed by atoms with Gasteiger partial charge in [-0.1, -0.05) is 43.8 Å². The highest BCUT2D eigenvalue weighted by Gasteiger charge is 2.11. The summed E-state index contributed by atoms with van der Waals surface area (Å²) in [5.74, 6) is 0.0925. The summed E-state index contributed by atoms with van der Waals surface area (Å²) >= 11 is 0. The van der Waals surface area contributed by atoms with Crippen LogP contribution in [-0.4, -0.2) is 11.1 Å². The van der Waals surface area contributed by atoms with Gasteiger partial charge in [0, 0.05) is 0 Å². The van der Waals surface area contributed by atoms with Gasteiger partial charge in [-0.25, -0.2) is 0 Å². The molecule has 1 rings (SSSR count). The van der Waals surface area contributed by atoms with Crippen molar-refractivity contribution in [2.75, 3.05) is 0 Å². The summed E-state index contributed by atoms with van der Waals surface area (Å²) in [5, 5.41) is 8.58. The van der Waals surface area contributed by atoms with Gasteiger partial charge in [-0.2, -0.15) is 0 Å². The van der Waals surface area contributed by atoms with Crippen LogP contribution in [0.4, 0.5) is 0 Å². The third-order valence-electron chi connectivity index (χ3n) is 2.95. The highest BCUT2D eigenvalue weighted by atomic mass is 16.4. The molecule has 0 aliphatic heterocycles. The fraction of sp³-hybridized carbons (Fsp3) is 0.750. The molecule has 0 aromatic carbocycles. The van der Waals surface area contributed by atoms with E-state index in [0.29, 0.717) is 0 Å². The Kier molecular flexibility index (Phi) is 4.71. The summed E-state index contributed by atoms with van der Waals surface area (Å²) in [6.45, 7) is 1.91. The smallest absolute Gasteiger partial charge is 0.307 e. The molecule has 1 fully saturated rings. The minimum Gasteiger partial charge on any atom is -0.481 e. The zero-order chi connectivity index (χ0) is 10.4. The number of aliphatic carboxylic acids is 1. The molecule has 14 heavy (non-hydrogen) atoms. The van der Waals surface area contributed by atoms with Gasteiger partial charge >= 0.3 is 5.97 Å². The van der Waals surface area contributed by atoms with E-state index < -0.39 is 5.97 Å². The van der Waals surface area contributed by atoms with E-state index >= 15 is 0 Å². The van der Waals surface area contributed by atoms with Gasteiger partial charge in [-0.05, 0) is 19.3 Å². The van der Waals surface area contributed by atoms with Gasteiger partial charge < -0.3 is 5.11 Å². The molecule has 1 saturated carbocycles. The van der Waals surface area contributed by atoms with E-state index in [1.807, 2.05) is 6.92 Å². The van der Waals surface area contributed by atoms with Crippen molar-refractivity contribution >= 4 is 5.97 Å². The van der Waals surface area contributed by atoms with Crippen molar-refractivity contribution in [3.8, 4) is 0 Å². The molecule has 0 heterocycles. The van der Waals surface area contributed by atoms with Crippen LogP contribution in [0.3, 0.4) is 0 Å². The molecule has 0 atom stereocenters. The Hall–Kier alpha value is -0.790. The molecular weight excluding hydrogens is 176 g/mol.